The minimum atomic E-state index is -0.457. The van der Waals surface area contributed by atoms with E-state index in [1.165, 1.54) is 0 Å². The van der Waals surface area contributed by atoms with E-state index in [1.807, 2.05) is 0 Å². The third-order valence-corrected chi connectivity index (χ3v) is 3.31. The molecule has 2 amide bonds. The minimum Gasteiger partial charge on any atom is -0.366 e. The standard InChI is InChI=1S/C14H19N3O2/c1-2-8-16-12-7-9-17(14(12)19)11-5-3-10(4-6-11)13(15)18/h3-6,12,16H,2,7-9H2,1H3,(H2,15,18). The predicted octanol–water partition coefficient (Wildman–Crippen LogP) is 0.890. The quantitative estimate of drug-likeness (QED) is 0.826. The molecule has 1 heterocycles. The number of nitrogens with two attached hydrogens (primary N) is 1. The number of anilines is 1. The van der Waals surface area contributed by atoms with Gasteiger partial charge < -0.3 is 16.0 Å². The van der Waals surface area contributed by atoms with Gasteiger partial charge in [-0.25, -0.2) is 0 Å². The van der Waals surface area contributed by atoms with Gasteiger partial charge in [-0.15, -0.1) is 0 Å². The molecule has 3 N–H and O–H groups in total. The normalized spacial score (nSPS) is 18.9. The summed E-state index contributed by atoms with van der Waals surface area (Å²) in [6.45, 7) is 3.63. The average molecular weight is 261 g/mol. The molecule has 0 radical (unpaired) electrons. The smallest absolute Gasteiger partial charge is 0.248 e. The van der Waals surface area contributed by atoms with E-state index in [1.54, 1.807) is 29.2 Å². The first kappa shape index (κ1) is 13.5. The Balaban J connectivity index is 2.06. The van der Waals surface area contributed by atoms with E-state index in [4.69, 9.17) is 5.73 Å². The van der Waals surface area contributed by atoms with Gasteiger partial charge in [-0.2, -0.15) is 0 Å². The second-order valence-electron chi connectivity index (χ2n) is 4.70. The summed E-state index contributed by atoms with van der Waals surface area (Å²) >= 11 is 0. The van der Waals surface area contributed by atoms with E-state index in [9.17, 15) is 9.59 Å². The second-order valence-corrected chi connectivity index (χ2v) is 4.70. The molecule has 1 aliphatic rings. The lowest BCUT2D eigenvalue weighted by Crippen LogP contribution is -2.38. The number of hydrogen-bond acceptors (Lipinski definition) is 3. The maximum absolute atomic E-state index is 12.2. The molecule has 0 bridgehead atoms. The first-order valence-corrected chi connectivity index (χ1v) is 6.58. The van der Waals surface area contributed by atoms with Crippen LogP contribution in [-0.2, 0) is 4.79 Å². The zero-order chi connectivity index (χ0) is 13.8. The van der Waals surface area contributed by atoms with Crippen molar-refractivity contribution in [3.05, 3.63) is 29.8 Å². The van der Waals surface area contributed by atoms with Crippen LogP contribution >= 0.6 is 0 Å². The van der Waals surface area contributed by atoms with Crippen LogP contribution in [-0.4, -0.2) is 30.9 Å². The third kappa shape index (κ3) is 2.93. The predicted molar refractivity (Wildman–Crippen MR) is 74.0 cm³/mol. The number of primary amides is 1. The minimum absolute atomic E-state index is 0.0873. The summed E-state index contributed by atoms with van der Waals surface area (Å²) < 4.78 is 0. The van der Waals surface area contributed by atoms with E-state index in [0.29, 0.717) is 12.1 Å². The van der Waals surface area contributed by atoms with E-state index in [0.717, 1.165) is 25.1 Å². The number of carbonyl (C=O) groups excluding carboxylic acids is 2. The summed E-state index contributed by atoms with van der Waals surface area (Å²) in [6, 6.07) is 6.74. The van der Waals surface area contributed by atoms with Crippen LogP contribution in [0, 0.1) is 0 Å². The molecular formula is C14H19N3O2. The van der Waals surface area contributed by atoms with Crippen LogP contribution in [0.4, 0.5) is 5.69 Å². The first-order valence-electron chi connectivity index (χ1n) is 6.58. The second kappa shape index (κ2) is 5.84. The van der Waals surface area contributed by atoms with Crippen molar-refractivity contribution in [1.29, 1.82) is 0 Å². The Morgan fingerprint density at radius 1 is 1.42 bits per heavy atom. The van der Waals surface area contributed by atoms with Crippen molar-refractivity contribution >= 4 is 17.5 Å². The lowest BCUT2D eigenvalue weighted by Gasteiger charge is -2.17. The fourth-order valence-corrected chi connectivity index (χ4v) is 2.25. The van der Waals surface area contributed by atoms with Crippen LogP contribution in [0.2, 0.25) is 0 Å². The number of rotatable bonds is 5. The number of nitrogens with zero attached hydrogens (tertiary/aromatic N) is 1. The van der Waals surface area contributed by atoms with Crippen molar-refractivity contribution in [2.45, 2.75) is 25.8 Å². The Morgan fingerprint density at radius 2 is 2.11 bits per heavy atom. The molecule has 2 rings (SSSR count). The number of benzene rings is 1. The van der Waals surface area contributed by atoms with Gasteiger partial charge >= 0.3 is 0 Å². The third-order valence-electron chi connectivity index (χ3n) is 3.31. The maximum Gasteiger partial charge on any atom is 0.248 e. The largest absolute Gasteiger partial charge is 0.366 e. The van der Waals surface area contributed by atoms with Gasteiger partial charge in [0.25, 0.3) is 0 Å². The van der Waals surface area contributed by atoms with E-state index in [-0.39, 0.29) is 11.9 Å². The van der Waals surface area contributed by atoms with Crippen LogP contribution in [0.25, 0.3) is 0 Å². The molecule has 1 aromatic carbocycles. The number of carbonyl (C=O) groups is 2. The molecule has 1 aliphatic heterocycles. The highest BCUT2D eigenvalue weighted by atomic mass is 16.2. The van der Waals surface area contributed by atoms with Gasteiger partial charge in [0.1, 0.15) is 0 Å². The van der Waals surface area contributed by atoms with Crippen LogP contribution in [0.5, 0.6) is 0 Å². The molecule has 1 aromatic rings. The average Bonchev–Trinajstić information content (AvgIpc) is 2.78. The Hall–Kier alpha value is -1.88. The highest BCUT2D eigenvalue weighted by Crippen LogP contribution is 2.22. The summed E-state index contributed by atoms with van der Waals surface area (Å²) in [6.07, 6.45) is 1.83. The molecule has 5 nitrogen and oxygen atoms in total. The van der Waals surface area contributed by atoms with Gasteiger partial charge in [-0.05, 0) is 43.7 Å². The fraction of sp³-hybridized carbons (Fsp3) is 0.429. The summed E-state index contributed by atoms with van der Waals surface area (Å²) in [4.78, 5) is 25.0. The van der Waals surface area contributed by atoms with Crippen LogP contribution < -0.4 is 16.0 Å². The van der Waals surface area contributed by atoms with Crippen molar-refractivity contribution in [2.24, 2.45) is 5.73 Å². The SMILES string of the molecule is CCCNC1CCN(c2ccc(C(N)=O)cc2)C1=O. The lowest BCUT2D eigenvalue weighted by atomic mass is 10.2. The molecule has 102 valence electrons. The number of hydrogen-bond donors (Lipinski definition) is 2. The summed E-state index contributed by atoms with van der Waals surface area (Å²) in [5.74, 6) is -0.359. The number of nitrogens with one attached hydrogen (secondary N) is 1. The van der Waals surface area contributed by atoms with Gasteiger partial charge in [0.2, 0.25) is 11.8 Å². The molecule has 0 aromatic heterocycles. The molecule has 19 heavy (non-hydrogen) atoms. The van der Waals surface area contributed by atoms with Gasteiger partial charge in [0, 0.05) is 17.8 Å². The summed E-state index contributed by atoms with van der Waals surface area (Å²) in [5, 5.41) is 3.25. The van der Waals surface area contributed by atoms with Gasteiger partial charge in [-0.3, -0.25) is 9.59 Å². The van der Waals surface area contributed by atoms with Crippen molar-refractivity contribution < 1.29 is 9.59 Å². The molecule has 1 atom stereocenters. The Kier molecular flexibility index (Phi) is 4.16. The molecule has 1 saturated heterocycles. The topological polar surface area (TPSA) is 75.4 Å². The number of amides is 2. The summed E-state index contributed by atoms with van der Waals surface area (Å²) in [5.41, 5.74) is 6.46. The van der Waals surface area contributed by atoms with Crippen LogP contribution in [0.1, 0.15) is 30.1 Å². The van der Waals surface area contributed by atoms with Gasteiger partial charge in [0.05, 0.1) is 6.04 Å². The Labute approximate surface area is 112 Å². The molecule has 0 saturated carbocycles. The molecule has 1 unspecified atom stereocenters. The zero-order valence-corrected chi connectivity index (χ0v) is 11.1. The monoisotopic (exact) mass is 261 g/mol. The maximum atomic E-state index is 12.2. The van der Waals surface area contributed by atoms with E-state index in [2.05, 4.69) is 12.2 Å². The van der Waals surface area contributed by atoms with Crippen LogP contribution in [0.15, 0.2) is 24.3 Å². The Morgan fingerprint density at radius 3 is 2.68 bits per heavy atom. The van der Waals surface area contributed by atoms with E-state index >= 15 is 0 Å². The molecule has 1 fully saturated rings. The van der Waals surface area contributed by atoms with Crippen molar-refractivity contribution in [1.82, 2.24) is 5.32 Å². The first-order chi connectivity index (χ1) is 9.13. The zero-order valence-electron chi connectivity index (χ0n) is 11.1. The highest BCUT2D eigenvalue weighted by Gasteiger charge is 2.31. The van der Waals surface area contributed by atoms with Crippen molar-refractivity contribution in [3.8, 4) is 0 Å². The van der Waals surface area contributed by atoms with E-state index < -0.39 is 5.91 Å². The molecular weight excluding hydrogens is 242 g/mol. The van der Waals surface area contributed by atoms with Gasteiger partial charge in [-0.1, -0.05) is 6.92 Å². The summed E-state index contributed by atoms with van der Waals surface area (Å²) in [7, 11) is 0. The van der Waals surface area contributed by atoms with Gasteiger partial charge in [0.15, 0.2) is 0 Å². The molecule has 0 aliphatic carbocycles. The highest BCUT2D eigenvalue weighted by molar-refractivity contribution is 6.00. The van der Waals surface area contributed by atoms with Crippen molar-refractivity contribution in [2.75, 3.05) is 18.0 Å². The molecule has 5 heteroatoms. The van der Waals surface area contributed by atoms with Crippen LogP contribution in [0.3, 0.4) is 0 Å². The van der Waals surface area contributed by atoms with Crippen molar-refractivity contribution in [3.63, 3.8) is 0 Å². The molecule has 0 spiro atoms. The Bertz CT molecular complexity index is 470. The fourth-order valence-electron chi connectivity index (χ4n) is 2.25. The lowest BCUT2D eigenvalue weighted by molar-refractivity contribution is -0.118.